The molecule has 1 aromatic carbocycles. The predicted octanol–water partition coefficient (Wildman–Crippen LogP) is 1.48. The molecule has 4 rings (SSSR count). The number of aryl methyl sites for hydroxylation is 1. The molecule has 0 atom stereocenters. The van der Waals surface area contributed by atoms with Crippen LogP contribution in [-0.4, -0.2) is 57.2 Å². The summed E-state index contributed by atoms with van der Waals surface area (Å²) >= 11 is 0. The summed E-state index contributed by atoms with van der Waals surface area (Å²) in [5.41, 5.74) is 0.453. The first-order chi connectivity index (χ1) is 14.6. The number of benzene rings is 1. The Morgan fingerprint density at radius 1 is 1.13 bits per heavy atom. The van der Waals surface area contributed by atoms with Crippen LogP contribution in [0.25, 0.3) is 10.9 Å². The lowest BCUT2D eigenvalue weighted by molar-refractivity contribution is -0.131. The van der Waals surface area contributed by atoms with Gasteiger partial charge in [0.1, 0.15) is 5.82 Å². The van der Waals surface area contributed by atoms with Gasteiger partial charge in [0, 0.05) is 57.5 Å². The third kappa shape index (κ3) is 3.87. The molecular formula is C21H25N5O4. The van der Waals surface area contributed by atoms with Crippen LogP contribution in [0.1, 0.15) is 18.7 Å². The monoisotopic (exact) mass is 411 g/mol. The SMILES string of the molecule is COc1cc2nc3n(c(=O)c2cc1OC)CCN(C(=O)CCCn1ccnc1)CC3. The molecule has 1 amide bonds. The Morgan fingerprint density at radius 3 is 2.67 bits per heavy atom. The number of rotatable bonds is 6. The van der Waals surface area contributed by atoms with Crippen LogP contribution in [0.2, 0.25) is 0 Å². The highest BCUT2D eigenvalue weighted by molar-refractivity contribution is 5.82. The predicted molar refractivity (Wildman–Crippen MR) is 111 cm³/mol. The zero-order chi connectivity index (χ0) is 21.1. The lowest BCUT2D eigenvalue weighted by Gasteiger charge is -2.19. The Bertz CT molecular complexity index is 1110. The molecule has 0 saturated carbocycles. The molecule has 30 heavy (non-hydrogen) atoms. The van der Waals surface area contributed by atoms with Crippen molar-refractivity contribution in [3.63, 3.8) is 0 Å². The normalized spacial score (nSPS) is 13.7. The van der Waals surface area contributed by atoms with Crippen molar-refractivity contribution in [3.05, 3.63) is 47.0 Å². The van der Waals surface area contributed by atoms with Crippen LogP contribution in [0.4, 0.5) is 0 Å². The molecule has 158 valence electrons. The van der Waals surface area contributed by atoms with E-state index in [1.807, 2.05) is 15.7 Å². The lowest BCUT2D eigenvalue weighted by atomic mass is 10.2. The van der Waals surface area contributed by atoms with Crippen LogP contribution in [0.15, 0.2) is 35.6 Å². The number of amides is 1. The molecule has 0 unspecified atom stereocenters. The summed E-state index contributed by atoms with van der Waals surface area (Å²) in [5.74, 6) is 1.82. The van der Waals surface area contributed by atoms with Gasteiger partial charge in [-0.1, -0.05) is 0 Å². The van der Waals surface area contributed by atoms with Crippen molar-refractivity contribution < 1.29 is 14.3 Å². The van der Waals surface area contributed by atoms with Gasteiger partial charge in [0.15, 0.2) is 11.5 Å². The van der Waals surface area contributed by atoms with Gasteiger partial charge < -0.3 is 18.9 Å². The molecule has 1 aliphatic rings. The summed E-state index contributed by atoms with van der Waals surface area (Å²) < 4.78 is 14.3. The standard InChI is InChI=1S/C21H25N5O4/c1-29-17-12-15-16(13-18(17)30-2)23-19-5-8-25(10-11-26(19)21(15)28)20(27)4-3-7-24-9-6-22-14-24/h6,9,12-14H,3-5,7-8,10-11H2,1-2H3. The Balaban J connectivity index is 1.51. The number of hydrogen-bond acceptors (Lipinski definition) is 6. The first-order valence-corrected chi connectivity index (χ1v) is 9.99. The zero-order valence-corrected chi connectivity index (χ0v) is 17.2. The first kappa shape index (κ1) is 19.9. The largest absolute Gasteiger partial charge is 0.493 e. The lowest BCUT2D eigenvalue weighted by Crippen LogP contribution is -2.34. The molecule has 9 heteroatoms. The number of hydrogen-bond donors (Lipinski definition) is 0. The highest BCUT2D eigenvalue weighted by Gasteiger charge is 2.21. The summed E-state index contributed by atoms with van der Waals surface area (Å²) in [6.07, 6.45) is 7.12. The number of fused-ring (bicyclic) bond motifs is 2. The van der Waals surface area contributed by atoms with Crippen molar-refractivity contribution in [1.82, 2.24) is 24.0 Å². The molecule has 0 aliphatic carbocycles. The van der Waals surface area contributed by atoms with Crippen molar-refractivity contribution in [2.24, 2.45) is 0 Å². The molecule has 0 spiro atoms. The third-order valence-electron chi connectivity index (χ3n) is 5.46. The van der Waals surface area contributed by atoms with E-state index >= 15 is 0 Å². The number of ether oxygens (including phenoxy) is 2. The smallest absolute Gasteiger partial charge is 0.261 e. The second-order valence-electron chi connectivity index (χ2n) is 7.24. The van der Waals surface area contributed by atoms with Crippen molar-refractivity contribution >= 4 is 16.8 Å². The Hall–Kier alpha value is -3.36. The minimum absolute atomic E-state index is 0.101. The van der Waals surface area contributed by atoms with Crippen LogP contribution in [-0.2, 0) is 24.3 Å². The van der Waals surface area contributed by atoms with E-state index in [0.717, 1.165) is 13.0 Å². The van der Waals surface area contributed by atoms with Gasteiger partial charge in [-0.05, 0) is 12.5 Å². The fraction of sp³-hybridized carbons (Fsp3) is 0.429. The number of aromatic nitrogens is 4. The fourth-order valence-electron chi connectivity index (χ4n) is 3.82. The van der Waals surface area contributed by atoms with Crippen LogP contribution in [0.5, 0.6) is 11.5 Å². The molecule has 0 N–H and O–H groups in total. The average Bonchev–Trinajstić information content (AvgIpc) is 3.18. The maximum Gasteiger partial charge on any atom is 0.261 e. The summed E-state index contributed by atoms with van der Waals surface area (Å²) in [4.78, 5) is 36.3. The summed E-state index contributed by atoms with van der Waals surface area (Å²) in [6.45, 7) is 2.24. The first-order valence-electron chi connectivity index (χ1n) is 9.99. The zero-order valence-electron chi connectivity index (χ0n) is 17.2. The van der Waals surface area contributed by atoms with E-state index < -0.39 is 0 Å². The summed E-state index contributed by atoms with van der Waals surface area (Å²) in [6, 6.07) is 3.39. The molecule has 1 aliphatic heterocycles. The van der Waals surface area contributed by atoms with Crippen LogP contribution in [0.3, 0.4) is 0 Å². The highest BCUT2D eigenvalue weighted by Crippen LogP contribution is 2.30. The number of nitrogens with zero attached hydrogens (tertiary/aromatic N) is 5. The number of carbonyl (C=O) groups is 1. The Morgan fingerprint density at radius 2 is 1.93 bits per heavy atom. The van der Waals surface area contributed by atoms with Crippen LogP contribution < -0.4 is 15.0 Å². The van der Waals surface area contributed by atoms with E-state index in [0.29, 0.717) is 60.7 Å². The molecule has 0 fully saturated rings. The van der Waals surface area contributed by atoms with Gasteiger partial charge in [0.25, 0.3) is 5.56 Å². The molecule has 9 nitrogen and oxygen atoms in total. The molecule has 0 bridgehead atoms. The van der Waals surface area contributed by atoms with E-state index in [1.54, 1.807) is 36.3 Å². The van der Waals surface area contributed by atoms with E-state index in [4.69, 9.17) is 9.47 Å². The summed E-state index contributed by atoms with van der Waals surface area (Å²) in [5, 5.41) is 0.483. The van der Waals surface area contributed by atoms with Gasteiger partial charge in [-0.15, -0.1) is 0 Å². The van der Waals surface area contributed by atoms with Crippen LogP contribution in [0, 0.1) is 0 Å². The van der Waals surface area contributed by atoms with Gasteiger partial charge in [0.05, 0.1) is 31.4 Å². The molecule has 0 saturated heterocycles. The van der Waals surface area contributed by atoms with Crippen molar-refractivity contribution in [1.29, 1.82) is 0 Å². The van der Waals surface area contributed by atoms with Gasteiger partial charge in [0.2, 0.25) is 5.91 Å². The topological polar surface area (TPSA) is 91.5 Å². The summed E-state index contributed by atoms with van der Waals surface area (Å²) in [7, 11) is 3.09. The second kappa shape index (κ2) is 8.56. The quantitative estimate of drug-likeness (QED) is 0.610. The Labute approximate surface area is 173 Å². The maximum atomic E-state index is 13.1. The molecule has 2 aromatic heterocycles. The molecule has 0 radical (unpaired) electrons. The highest BCUT2D eigenvalue weighted by atomic mass is 16.5. The van der Waals surface area contributed by atoms with Gasteiger partial charge in [-0.25, -0.2) is 9.97 Å². The number of carbonyl (C=O) groups excluding carboxylic acids is 1. The van der Waals surface area contributed by atoms with E-state index in [9.17, 15) is 9.59 Å². The molecule has 3 aromatic rings. The minimum Gasteiger partial charge on any atom is -0.493 e. The second-order valence-corrected chi connectivity index (χ2v) is 7.24. The molecular weight excluding hydrogens is 386 g/mol. The van der Waals surface area contributed by atoms with Crippen molar-refractivity contribution in [2.75, 3.05) is 27.3 Å². The number of methoxy groups -OCH3 is 2. The van der Waals surface area contributed by atoms with E-state index in [-0.39, 0.29) is 11.5 Å². The molecule has 3 heterocycles. The average molecular weight is 411 g/mol. The maximum absolute atomic E-state index is 13.1. The van der Waals surface area contributed by atoms with Crippen molar-refractivity contribution in [3.8, 4) is 11.5 Å². The van der Waals surface area contributed by atoms with E-state index in [1.165, 1.54) is 7.11 Å². The Kier molecular flexibility index (Phi) is 5.69. The number of imidazole rings is 1. The van der Waals surface area contributed by atoms with Gasteiger partial charge in [-0.3, -0.25) is 14.2 Å². The van der Waals surface area contributed by atoms with Crippen LogP contribution >= 0.6 is 0 Å². The van der Waals surface area contributed by atoms with E-state index in [2.05, 4.69) is 9.97 Å². The fourth-order valence-corrected chi connectivity index (χ4v) is 3.82. The minimum atomic E-state index is -0.120. The van der Waals surface area contributed by atoms with Gasteiger partial charge >= 0.3 is 0 Å². The van der Waals surface area contributed by atoms with Crippen molar-refractivity contribution in [2.45, 2.75) is 32.4 Å². The third-order valence-corrected chi connectivity index (χ3v) is 5.46. The van der Waals surface area contributed by atoms with Gasteiger partial charge in [-0.2, -0.15) is 0 Å².